The smallest absolute Gasteiger partial charge is 0.106 e. The van der Waals surface area contributed by atoms with E-state index in [1.54, 1.807) is 6.26 Å². The molecule has 1 atom stereocenters. The van der Waals surface area contributed by atoms with Gasteiger partial charge in [-0.05, 0) is 37.3 Å². The maximum Gasteiger partial charge on any atom is 0.106 e. The Balaban J connectivity index is 2.09. The first-order valence-corrected chi connectivity index (χ1v) is 4.78. The van der Waals surface area contributed by atoms with Crippen LogP contribution < -0.4 is 0 Å². The van der Waals surface area contributed by atoms with E-state index in [9.17, 15) is 5.11 Å². The number of rotatable bonds is 3. The van der Waals surface area contributed by atoms with Crippen LogP contribution in [0.1, 0.15) is 32.4 Å². The van der Waals surface area contributed by atoms with Crippen LogP contribution in [0.4, 0.5) is 0 Å². The van der Waals surface area contributed by atoms with Gasteiger partial charge in [0.25, 0.3) is 0 Å². The highest BCUT2D eigenvalue weighted by molar-refractivity contribution is 5.10. The fraction of sp³-hybridized carbons (Fsp3) is 0.636. The van der Waals surface area contributed by atoms with Crippen LogP contribution in [0.2, 0.25) is 0 Å². The third-order valence-electron chi connectivity index (χ3n) is 3.40. The van der Waals surface area contributed by atoms with Crippen LogP contribution in [0.3, 0.4) is 0 Å². The van der Waals surface area contributed by atoms with Crippen molar-refractivity contribution >= 4 is 0 Å². The van der Waals surface area contributed by atoms with Crippen LogP contribution >= 0.6 is 0 Å². The highest BCUT2D eigenvalue weighted by Crippen LogP contribution is 2.54. The minimum atomic E-state index is -0.620. The zero-order valence-corrected chi connectivity index (χ0v) is 8.21. The second-order valence-electron chi connectivity index (χ2n) is 4.59. The van der Waals surface area contributed by atoms with Crippen molar-refractivity contribution < 1.29 is 9.52 Å². The molecule has 0 bridgehead atoms. The number of aliphatic hydroxyl groups is 1. The molecule has 1 heterocycles. The van der Waals surface area contributed by atoms with E-state index in [-0.39, 0.29) is 5.41 Å². The van der Waals surface area contributed by atoms with Gasteiger partial charge in [0.15, 0.2) is 0 Å². The van der Waals surface area contributed by atoms with Crippen LogP contribution in [0.5, 0.6) is 0 Å². The van der Waals surface area contributed by atoms with E-state index in [1.165, 1.54) is 0 Å². The predicted octanol–water partition coefficient (Wildman–Crippen LogP) is 2.37. The van der Waals surface area contributed by atoms with Crippen molar-refractivity contribution in [3.05, 3.63) is 24.2 Å². The summed E-state index contributed by atoms with van der Waals surface area (Å²) in [5.74, 6) is 0.873. The molecule has 1 aromatic heterocycles. The summed E-state index contributed by atoms with van der Waals surface area (Å²) in [5, 5.41) is 10.2. The van der Waals surface area contributed by atoms with Crippen molar-refractivity contribution in [3.63, 3.8) is 0 Å². The first-order chi connectivity index (χ1) is 6.04. The summed E-state index contributed by atoms with van der Waals surface area (Å²) in [6, 6.07) is 3.78. The fourth-order valence-electron chi connectivity index (χ4n) is 1.69. The molecule has 0 amide bonds. The van der Waals surface area contributed by atoms with Crippen LogP contribution in [-0.2, 0) is 6.42 Å². The normalized spacial score (nSPS) is 23.9. The van der Waals surface area contributed by atoms with Gasteiger partial charge >= 0.3 is 0 Å². The minimum Gasteiger partial charge on any atom is -0.469 e. The zero-order valence-electron chi connectivity index (χ0n) is 8.21. The second-order valence-corrected chi connectivity index (χ2v) is 4.59. The Labute approximate surface area is 78.6 Å². The molecule has 1 fully saturated rings. The lowest BCUT2D eigenvalue weighted by atomic mass is 9.84. The van der Waals surface area contributed by atoms with Gasteiger partial charge in [-0.3, -0.25) is 0 Å². The molecule has 0 spiro atoms. The molecular weight excluding hydrogens is 164 g/mol. The molecule has 1 aliphatic rings. The van der Waals surface area contributed by atoms with Gasteiger partial charge in [0.05, 0.1) is 11.9 Å². The van der Waals surface area contributed by atoms with Gasteiger partial charge in [0.2, 0.25) is 0 Å². The van der Waals surface area contributed by atoms with Crippen LogP contribution in [-0.4, -0.2) is 10.7 Å². The molecule has 0 radical (unpaired) electrons. The van der Waals surface area contributed by atoms with Crippen molar-refractivity contribution in [1.82, 2.24) is 0 Å². The van der Waals surface area contributed by atoms with Crippen molar-refractivity contribution in [1.29, 1.82) is 0 Å². The number of furan rings is 1. The van der Waals surface area contributed by atoms with Gasteiger partial charge in [-0.25, -0.2) is 0 Å². The van der Waals surface area contributed by atoms with Gasteiger partial charge < -0.3 is 9.52 Å². The molecule has 1 N–H and O–H groups in total. The minimum absolute atomic E-state index is 0.111. The van der Waals surface area contributed by atoms with Crippen LogP contribution in [0.25, 0.3) is 0 Å². The lowest BCUT2D eigenvalue weighted by Crippen LogP contribution is -2.36. The molecule has 2 heteroatoms. The third-order valence-corrected chi connectivity index (χ3v) is 3.40. The molecule has 2 rings (SSSR count). The Morgan fingerprint density at radius 3 is 2.77 bits per heavy atom. The molecule has 1 saturated carbocycles. The molecule has 72 valence electrons. The summed E-state index contributed by atoms with van der Waals surface area (Å²) >= 11 is 0. The van der Waals surface area contributed by atoms with Gasteiger partial charge in [-0.15, -0.1) is 0 Å². The number of hydrogen-bond donors (Lipinski definition) is 1. The van der Waals surface area contributed by atoms with E-state index in [1.807, 2.05) is 19.1 Å². The Morgan fingerprint density at radius 1 is 1.62 bits per heavy atom. The summed E-state index contributed by atoms with van der Waals surface area (Å²) < 4.78 is 5.23. The standard InChI is InChI=1S/C11H16O2/c1-10(5-6-10)11(2,12)8-9-4-3-7-13-9/h3-4,7,12H,5-6,8H2,1-2H3. The average Bonchev–Trinajstić information content (AvgIpc) is 2.63. The summed E-state index contributed by atoms with van der Waals surface area (Å²) in [6.07, 6.45) is 4.53. The molecule has 0 saturated heterocycles. The van der Waals surface area contributed by atoms with Gasteiger partial charge in [0, 0.05) is 6.42 Å². The van der Waals surface area contributed by atoms with Crippen molar-refractivity contribution in [2.45, 2.75) is 38.7 Å². The molecule has 13 heavy (non-hydrogen) atoms. The Kier molecular flexibility index (Phi) is 1.77. The van der Waals surface area contributed by atoms with E-state index >= 15 is 0 Å². The molecule has 0 aliphatic heterocycles. The number of hydrogen-bond acceptors (Lipinski definition) is 2. The van der Waals surface area contributed by atoms with Crippen molar-refractivity contribution in [2.75, 3.05) is 0 Å². The third kappa shape index (κ3) is 1.51. The molecule has 1 unspecified atom stereocenters. The largest absolute Gasteiger partial charge is 0.469 e. The molecule has 0 aromatic carbocycles. The van der Waals surface area contributed by atoms with E-state index in [2.05, 4.69) is 6.92 Å². The summed E-state index contributed by atoms with van der Waals surface area (Å²) in [7, 11) is 0. The lowest BCUT2D eigenvalue weighted by molar-refractivity contribution is -0.0111. The van der Waals surface area contributed by atoms with Crippen molar-refractivity contribution in [2.24, 2.45) is 5.41 Å². The molecule has 1 aromatic rings. The van der Waals surface area contributed by atoms with Gasteiger partial charge in [-0.1, -0.05) is 6.92 Å². The Morgan fingerprint density at radius 2 is 2.31 bits per heavy atom. The highest BCUT2D eigenvalue weighted by Gasteiger charge is 2.52. The van der Waals surface area contributed by atoms with Crippen LogP contribution in [0.15, 0.2) is 22.8 Å². The quantitative estimate of drug-likeness (QED) is 0.774. The van der Waals surface area contributed by atoms with E-state index in [0.717, 1.165) is 18.6 Å². The summed E-state index contributed by atoms with van der Waals surface area (Å²) in [6.45, 7) is 4.04. The SMILES string of the molecule is CC(O)(Cc1ccco1)C1(C)CC1. The van der Waals surface area contributed by atoms with Gasteiger partial charge in [0.1, 0.15) is 5.76 Å². The second kappa shape index (κ2) is 2.61. The molecule has 1 aliphatic carbocycles. The summed E-state index contributed by atoms with van der Waals surface area (Å²) in [5.41, 5.74) is -0.509. The monoisotopic (exact) mass is 180 g/mol. The van der Waals surface area contributed by atoms with E-state index in [4.69, 9.17) is 4.42 Å². The van der Waals surface area contributed by atoms with Gasteiger partial charge in [-0.2, -0.15) is 0 Å². The average molecular weight is 180 g/mol. The fourth-order valence-corrected chi connectivity index (χ4v) is 1.69. The lowest BCUT2D eigenvalue weighted by Gasteiger charge is -2.29. The van der Waals surface area contributed by atoms with E-state index in [0.29, 0.717) is 6.42 Å². The maximum absolute atomic E-state index is 10.2. The summed E-state index contributed by atoms with van der Waals surface area (Å²) in [4.78, 5) is 0. The Bertz CT molecular complexity index is 281. The first kappa shape index (κ1) is 8.82. The maximum atomic E-state index is 10.2. The topological polar surface area (TPSA) is 33.4 Å². The Hall–Kier alpha value is -0.760. The van der Waals surface area contributed by atoms with E-state index < -0.39 is 5.60 Å². The van der Waals surface area contributed by atoms with Crippen molar-refractivity contribution in [3.8, 4) is 0 Å². The zero-order chi connectivity index (χ0) is 9.53. The highest BCUT2D eigenvalue weighted by atomic mass is 16.3. The first-order valence-electron chi connectivity index (χ1n) is 4.78. The van der Waals surface area contributed by atoms with Crippen LogP contribution in [0, 0.1) is 5.41 Å². The molecule has 2 nitrogen and oxygen atoms in total. The molecular formula is C11H16O2. The predicted molar refractivity (Wildman–Crippen MR) is 50.4 cm³/mol.